The summed E-state index contributed by atoms with van der Waals surface area (Å²) in [4.78, 5) is 15.3. The largest absolute Gasteiger partial charge is 0.497 e. The van der Waals surface area contributed by atoms with Crippen molar-refractivity contribution in [1.82, 2.24) is 4.90 Å². The molecule has 0 N–H and O–H groups in total. The minimum atomic E-state index is -0.209. The van der Waals surface area contributed by atoms with E-state index in [1.807, 2.05) is 36.1 Å². The highest BCUT2D eigenvalue weighted by atomic mass is 16.5. The fourth-order valence-electron chi connectivity index (χ4n) is 3.98. The first-order valence-electron chi connectivity index (χ1n) is 10.9. The number of amides is 1. The second-order valence-corrected chi connectivity index (χ2v) is 9.51. The van der Waals surface area contributed by atoms with Crippen molar-refractivity contribution in [2.24, 2.45) is 5.41 Å². The molecular formula is C26H35NO3. The predicted molar refractivity (Wildman–Crippen MR) is 123 cm³/mol. The summed E-state index contributed by atoms with van der Waals surface area (Å²) in [5, 5.41) is 2.22. The number of benzene rings is 2. The van der Waals surface area contributed by atoms with Gasteiger partial charge >= 0.3 is 0 Å². The van der Waals surface area contributed by atoms with E-state index < -0.39 is 0 Å². The maximum atomic E-state index is 13.3. The molecule has 162 valence electrons. The molecule has 1 amide bonds. The zero-order chi connectivity index (χ0) is 21.9. The fourth-order valence-corrected chi connectivity index (χ4v) is 3.98. The highest BCUT2D eigenvalue weighted by Gasteiger charge is 2.34. The van der Waals surface area contributed by atoms with Crippen LogP contribution in [0.3, 0.4) is 0 Å². The number of hydrogen-bond acceptors (Lipinski definition) is 3. The second-order valence-electron chi connectivity index (χ2n) is 9.51. The van der Waals surface area contributed by atoms with E-state index in [2.05, 4.69) is 39.5 Å². The molecule has 1 fully saturated rings. The zero-order valence-electron chi connectivity index (χ0n) is 19.0. The van der Waals surface area contributed by atoms with Crippen molar-refractivity contribution in [3.63, 3.8) is 0 Å². The maximum Gasteiger partial charge on any atom is 0.230 e. The topological polar surface area (TPSA) is 38.8 Å². The number of carbonyl (C=O) groups excluding carboxylic acids is 1. The van der Waals surface area contributed by atoms with Crippen LogP contribution in [0, 0.1) is 5.41 Å². The summed E-state index contributed by atoms with van der Waals surface area (Å²) in [5.41, 5.74) is 1.25. The van der Waals surface area contributed by atoms with Crippen molar-refractivity contribution in [2.45, 2.75) is 58.9 Å². The molecule has 0 saturated carbocycles. The summed E-state index contributed by atoms with van der Waals surface area (Å²) in [6.07, 6.45) is 2.87. The Morgan fingerprint density at radius 3 is 2.60 bits per heavy atom. The van der Waals surface area contributed by atoms with Gasteiger partial charge in [0.15, 0.2) is 0 Å². The lowest BCUT2D eigenvalue weighted by molar-refractivity contribution is -0.133. The average molecular weight is 410 g/mol. The van der Waals surface area contributed by atoms with Gasteiger partial charge in [0.25, 0.3) is 0 Å². The maximum absolute atomic E-state index is 13.3. The van der Waals surface area contributed by atoms with Crippen LogP contribution in [0.4, 0.5) is 0 Å². The zero-order valence-corrected chi connectivity index (χ0v) is 19.0. The highest BCUT2D eigenvalue weighted by molar-refractivity contribution is 5.88. The van der Waals surface area contributed by atoms with Crippen molar-refractivity contribution < 1.29 is 14.3 Å². The van der Waals surface area contributed by atoms with Crippen LogP contribution in [0.5, 0.6) is 5.75 Å². The minimum absolute atomic E-state index is 0.0235. The predicted octanol–water partition coefficient (Wildman–Crippen LogP) is 5.91. The molecule has 0 aliphatic carbocycles. The van der Waals surface area contributed by atoms with Crippen molar-refractivity contribution in [3.8, 4) is 5.75 Å². The van der Waals surface area contributed by atoms with Gasteiger partial charge in [0.05, 0.1) is 25.7 Å². The molecule has 30 heavy (non-hydrogen) atoms. The van der Waals surface area contributed by atoms with Crippen LogP contribution < -0.4 is 4.74 Å². The van der Waals surface area contributed by atoms with Crippen molar-refractivity contribution >= 4 is 16.7 Å². The molecule has 1 aliphatic heterocycles. The van der Waals surface area contributed by atoms with Gasteiger partial charge in [0.1, 0.15) is 11.5 Å². The van der Waals surface area contributed by atoms with Crippen LogP contribution in [-0.4, -0.2) is 37.1 Å². The summed E-state index contributed by atoms with van der Waals surface area (Å²) >= 11 is 0. The number of hydrogen-bond donors (Lipinski definition) is 0. The van der Waals surface area contributed by atoms with E-state index in [0.717, 1.165) is 53.7 Å². The van der Waals surface area contributed by atoms with Crippen LogP contribution in [0.1, 0.15) is 58.4 Å². The summed E-state index contributed by atoms with van der Waals surface area (Å²) < 4.78 is 11.3. The molecule has 1 heterocycles. The van der Waals surface area contributed by atoms with E-state index in [0.29, 0.717) is 6.61 Å². The summed E-state index contributed by atoms with van der Waals surface area (Å²) in [6, 6.07) is 12.2. The summed E-state index contributed by atoms with van der Waals surface area (Å²) in [7, 11) is 1.67. The van der Waals surface area contributed by atoms with Crippen LogP contribution in [-0.2, 0) is 9.53 Å². The van der Waals surface area contributed by atoms with Gasteiger partial charge in [-0.3, -0.25) is 4.79 Å². The van der Waals surface area contributed by atoms with Gasteiger partial charge in [0.2, 0.25) is 5.91 Å². The highest BCUT2D eigenvalue weighted by Crippen LogP contribution is 2.31. The molecule has 1 saturated heterocycles. The Bertz CT molecular complexity index is 912. The molecule has 2 aromatic carbocycles. The van der Waals surface area contributed by atoms with Crippen LogP contribution in [0.2, 0.25) is 0 Å². The lowest BCUT2D eigenvalue weighted by atomic mass is 9.93. The first-order chi connectivity index (χ1) is 14.2. The Hall–Kier alpha value is -2.49. The van der Waals surface area contributed by atoms with Crippen molar-refractivity contribution in [2.75, 3.05) is 20.3 Å². The summed E-state index contributed by atoms with van der Waals surface area (Å²) in [6.45, 7) is 14.2. The van der Waals surface area contributed by atoms with E-state index in [-0.39, 0.29) is 23.3 Å². The average Bonchev–Trinajstić information content (AvgIpc) is 3.20. The number of methoxy groups -OCH3 is 1. The molecule has 0 bridgehead atoms. The van der Waals surface area contributed by atoms with E-state index in [1.165, 1.54) is 0 Å². The van der Waals surface area contributed by atoms with E-state index >= 15 is 0 Å². The number of ether oxygens (including phenoxy) is 2. The number of nitrogens with zero attached hydrogens (tertiary/aromatic N) is 1. The molecule has 1 aliphatic rings. The molecule has 2 atom stereocenters. The number of rotatable bonds is 7. The minimum Gasteiger partial charge on any atom is -0.497 e. The molecule has 3 rings (SSSR count). The van der Waals surface area contributed by atoms with Crippen LogP contribution >= 0.6 is 0 Å². The molecule has 4 nitrogen and oxygen atoms in total. The van der Waals surface area contributed by atoms with Gasteiger partial charge < -0.3 is 14.4 Å². The lowest BCUT2D eigenvalue weighted by Crippen LogP contribution is -2.39. The number of likely N-dealkylation sites (tertiary alicyclic amines) is 1. The van der Waals surface area contributed by atoms with Crippen molar-refractivity contribution in [3.05, 3.63) is 54.3 Å². The molecule has 2 aromatic rings. The van der Waals surface area contributed by atoms with Crippen LogP contribution in [0.25, 0.3) is 10.8 Å². The molecule has 1 unspecified atom stereocenters. The SMILES string of the molecule is C=C(OCCC(C)(C)C)C1CCCN1C(=O)[C@@H](C)c1ccc2cc(OC)ccc2c1. The Labute approximate surface area is 180 Å². The number of carbonyl (C=O) groups is 1. The van der Waals surface area contributed by atoms with E-state index in [4.69, 9.17) is 9.47 Å². The smallest absolute Gasteiger partial charge is 0.230 e. The second kappa shape index (κ2) is 9.11. The summed E-state index contributed by atoms with van der Waals surface area (Å²) in [5.74, 6) is 1.50. The Morgan fingerprint density at radius 2 is 1.90 bits per heavy atom. The standard InChI is InChI=1S/C26H35NO3/c1-18(20-9-10-22-17-23(29-6)12-11-21(22)16-20)25(28)27-14-7-8-24(27)19(2)30-15-13-26(3,4)5/h9-12,16-18,24H,2,7-8,13-15H2,1,3-6H3/t18-,24?/m0/s1. The Morgan fingerprint density at radius 1 is 1.20 bits per heavy atom. The van der Waals surface area contributed by atoms with Crippen LogP contribution in [0.15, 0.2) is 48.7 Å². The molecule has 0 spiro atoms. The van der Waals surface area contributed by atoms with Gasteiger partial charge in [-0.1, -0.05) is 51.6 Å². The van der Waals surface area contributed by atoms with Crippen molar-refractivity contribution in [1.29, 1.82) is 0 Å². The lowest BCUT2D eigenvalue weighted by Gasteiger charge is -2.29. The van der Waals surface area contributed by atoms with Gasteiger partial charge in [-0.25, -0.2) is 0 Å². The third-order valence-electron chi connectivity index (χ3n) is 5.99. The van der Waals surface area contributed by atoms with E-state index in [9.17, 15) is 4.79 Å². The Kier molecular flexibility index (Phi) is 6.74. The first-order valence-corrected chi connectivity index (χ1v) is 10.9. The quantitative estimate of drug-likeness (QED) is 0.534. The van der Waals surface area contributed by atoms with Gasteiger partial charge in [-0.05, 0) is 60.1 Å². The third kappa shape index (κ3) is 5.16. The first kappa shape index (κ1) is 22.2. The normalized spacial score (nSPS) is 17.8. The van der Waals surface area contributed by atoms with E-state index in [1.54, 1.807) is 7.11 Å². The Balaban J connectivity index is 1.69. The third-order valence-corrected chi connectivity index (χ3v) is 5.99. The molecular weight excluding hydrogens is 374 g/mol. The molecule has 0 radical (unpaired) electrons. The molecule has 4 heteroatoms. The fraction of sp³-hybridized carbons (Fsp3) is 0.500. The van der Waals surface area contributed by atoms with Gasteiger partial charge in [-0.2, -0.15) is 0 Å². The van der Waals surface area contributed by atoms with Gasteiger partial charge in [-0.15, -0.1) is 0 Å². The monoisotopic (exact) mass is 409 g/mol. The molecule has 0 aromatic heterocycles. The van der Waals surface area contributed by atoms with Gasteiger partial charge in [0, 0.05) is 6.54 Å². The number of fused-ring (bicyclic) bond motifs is 1.